The highest BCUT2D eigenvalue weighted by atomic mass is 19.3. The molecule has 0 saturated heterocycles. The Morgan fingerprint density at radius 1 is 1.05 bits per heavy atom. The fraction of sp³-hybridized carbons (Fsp3) is 0.133. The first-order valence-electron chi connectivity index (χ1n) is 6.10. The van der Waals surface area contributed by atoms with E-state index in [-0.39, 0.29) is 16.9 Å². The Kier molecular flexibility index (Phi) is 4.77. The Bertz CT molecular complexity index is 668. The molecule has 0 fully saturated rings. The zero-order valence-corrected chi connectivity index (χ0v) is 11.0. The molecule has 0 radical (unpaired) electrons. The molecule has 3 nitrogen and oxygen atoms in total. The fourth-order valence-corrected chi connectivity index (χ4v) is 1.87. The summed E-state index contributed by atoms with van der Waals surface area (Å²) in [6.07, 6.45) is -1.83. The summed E-state index contributed by atoms with van der Waals surface area (Å²) < 4.78 is 54.6. The average molecular weight is 314 g/mol. The maximum Gasteiger partial charge on any atom is 0.387 e. The van der Waals surface area contributed by atoms with Crippen LogP contribution in [-0.2, 0) is 0 Å². The number of alkyl halides is 2. The summed E-state index contributed by atoms with van der Waals surface area (Å²) >= 11 is 0. The molecule has 0 spiro atoms. The van der Waals surface area contributed by atoms with Crippen molar-refractivity contribution in [1.82, 2.24) is 0 Å². The number of Topliss-reactive ketones (excluding diaryl/α,β-unsaturated/α-hetero) is 1. The second-order valence-electron chi connectivity index (χ2n) is 4.38. The van der Waals surface area contributed by atoms with Gasteiger partial charge in [0.1, 0.15) is 23.5 Å². The van der Waals surface area contributed by atoms with Crippen LogP contribution in [0, 0.1) is 11.6 Å². The average Bonchev–Trinajstić information content (AvgIpc) is 2.44. The third kappa shape index (κ3) is 3.82. The first-order chi connectivity index (χ1) is 10.4. The summed E-state index contributed by atoms with van der Waals surface area (Å²) in [6.45, 7) is -3.06. The number of ketones is 1. The molecule has 2 rings (SSSR count). The molecule has 116 valence electrons. The van der Waals surface area contributed by atoms with Crippen LogP contribution in [-0.4, -0.2) is 17.5 Å². The van der Waals surface area contributed by atoms with Crippen molar-refractivity contribution >= 4 is 5.78 Å². The predicted octanol–water partition coefficient (Wildman–Crippen LogP) is 3.48. The van der Waals surface area contributed by atoms with Gasteiger partial charge in [-0.3, -0.25) is 4.79 Å². The monoisotopic (exact) mass is 314 g/mol. The minimum Gasteiger partial charge on any atom is -0.435 e. The zero-order valence-electron chi connectivity index (χ0n) is 11.0. The maximum atomic E-state index is 13.1. The molecule has 1 N–H and O–H groups in total. The standard InChI is InChI=1S/C15H10F4O3/c16-10-4-9(5-11(17)7-10)14(21)13(20)8-2-1-3-12(6-8)22-15(18)19/h1-7,14-15,21H. The van der Waals surface area contributed by atoms with E-state index in [4.69, 9.17) is 0 Å². The lowest BCUT2D eigenvalue weighted by molar-refractivity contribution is -0.0498. The van der Waals surface area contributed by atoms with Crippen LogP contribution in [0.2, 0.25) is 0 Å². The molecule has 0 amide bonds. The number of carbonyl (C=O) groups excluding carboxylic acids is 1. The molecule has 0 aliphatic carbocycles. The van der Waals surface area contributed by atoms with Gasteiger partial charge in [0.2, 0.25) is 0 Å². The maximum absolute atomic E-state index is 13.1. The van der Waals surface area contributed by atoms with Gasteiger partial charge in [-0.2, -0.15) is 8.78 Å². The van der Waals surface area contributed by atoms with E-state index >= 15 is 0 Å². The lowest BCUT2D eigenvalue weighted by Crippen LogP contribution is -2.13. The van der Waals surface area contributed by atoms with Gasteiger partial charge in [-0.05, 0) is 29.8 Å². The molecule has 1 atom stereocenters. The van der Waals surface area contributed by atoms with Crippen molar-refractivity contribution in [2.45, 2.75) is 12.7 Å². The fourth-order valence-electron chi connectivity index (χ4n) is 1.87. The minimum absolute atomic E-state index is 0.129. The van der Waals surface area contributed by atoms with Crippen LogP contribution in [0.25, 0.3) is 0 Å². The summed E-state index contributed by atoms with van der Waals surface area (Å²) in [5, 5.41) is 9.89. The Labute approximate surface area is 122 Å². The van der Waals surface area contributed by atoms with Crippen LogP contribution in [0.1, 0.15) is 22.0 Å². The number of carbonyl (C=O) groups is 1. The predicted molar refractivity (Wildman–Crippen MR) is 68.7 cm³/mol. The number of benzene rings is 2. The molecule has 0 aliphatic rings. The minimum atomic E-state index is -3.06. The largest absolute Gasteiger partial charge is 0.435 e. The molecule has 1 unspecified atom stereocenters. The highest BCUT2D eigenvalue weighted by molar-refractivity contribution is 6.00. The number of ether oxygens (including phenoxy) is 1. The van der Waals surface area contributed by atoms with Gasteiger partial charge in [0.25, 0.3) is 0 Å². The molecule has 0 heterocycles. The van der Waals surface area contributed by atoms with Gasteiger partial charge >= 0.3 is 6.61 Å². The van der Waals surface area contributed by atoms with E-state index < -0.39 is 30.1 Å². The molecule has 7 heteroatoms. The Balaban J connectivity index is 2.27. The van der Waals surface area contributed by atoms with E-state index in [0.717, 1.165) is 18.2 Å². The lowest BCUT2D eigenvalue weighted by Gasteiger charge is -2.11. The second-order valence-corrected chi connectivity index (χ2v) is 4.38. The van der Waals surface area contributed by atoms with Crippen molar-refractivity contribution in [3.63, 3.8) is 0 Å². The molecule has 0 aliphatic heterocycles. The highest BCUT2D eigenvalue weighted by Gasteiger charge is 2.21. The van der Waals surface area contributed by atoms with E-state index in [1.165, 1.54) is 18.2 Å². The highest BCUT2D eigenvalue weighted by Crippen LogP contribution is 2.23. The van der Waals surface area contributed by atoms with Crippen molar-refractivity contribution in [1.29, 1.82) is 0 Å². The topological polar surface area (TPSA) is 46.5 Å². The van der Waals surface area contributed by atoms with Crippen LogP contribution in [0.4, 0.5) is 17.6 Å². The van der Waals surface area contributed by atoms with E-state index in [9.17, 15) is 27.5 Å². The van der Waals surface area contributed by atoms with Gasteiger partial charge in [0, 0.05) is 11.6 Å². The summed E-state index contributed by atoms with van der Waals surface area (Å²) in [5.74, 6) is -3.06. The molecular weight excluding hydrogens is 304 g/mol. The number of hydrogen-bond acceptors (Lipinski definition) is 3. The summed E-state index contributed by atoms with van der Waals surface area (Å²) in [7, 11) is 0. The van der Waals surface area contributed by atoms with E-state index in [1.54, 1.807) is 0 Å². The molecule has 2 aromatic rings. The van der Waals surface area contributed by atoms with Crippen LogP contribution < -0.4 is 4.74 Å². The third-order valence-electron chi connectivity index (χ3n) is 2.79. The number of hydrogen-bond donors (Lipinski definition) is 1. The summed E-state index contributed by atoms with van der Waals surface area (Å²) in [5.41, 5.74) is -0.405. The van der Waals surface area contributed by atoms with Crippen molar-refractivity contribution in [3.05, 3.63) is 65.2 Å². The van der Waals surface area contributed by atoms with Crippen LogP contribution in [0.15, 0.2) is 42.5 Å². The van der Waals surface area contributed by atoms with Gasteiger partial charge in [0.15, 0.2) is 5.78 Å². The quantitative estimate of drug-likeness (QED) is 0.679. The summed E-state index contributed by atoms with van der Waals surface area (Å²) in [6, 6.07) is 6.97. The Morgan fingerprint density at radius 3 is 2.27 bits per heavy atom. The number of aliphatic hydroxyl groups excluding tert-OH is 1. The molecule has 22 heavy (non-hydrogen) atoms. The Hall–Kier alpha value is -2.41. The smallest absolute Gasteiger partial charge is 0.387 e. The van der Waals surface area contributed by atoms with Crippen molar-refractivity contribution in [2.24, 2.45) is 0 Å². The van der Waals surface area contributed by atoms with E-state index in [1.807, 2.05) is 0 Å². The van der Waals surface area contributed by atoms with Crippen LogP contribution in [0.3, 0.4) is 0 Å². The van der Waals surface area contributed by atoms with Gasteiger partial charge < -0.3 is 9.84 Å². The van der Waals surface area contributed by atoms with Gasteiger partial charge in [-0.25, -0.2) is 8.78 Å². The van der Waals surface area contributed by atoms with Crippen LogP contribution >= 0.6 is 0 Å². The molecule has 0 saturated carbocycles. The zero-order chi connectivity index (χ0) is 16.3. The second kappa shape index (κ2) is 6.57. The molecular formula is C15H10F4O3. The Morgan fingerprint density at radius 2 is 1.68 bits per heavy atom. The first-order valence-corrected chi connectivity index (χ1v) is 6.10. The SMILES string of the molecule is O=C(c1cccc(OC(F)F)c1)C(O)c1cc(F)cc(F)c1. The van der Waals surface area contributed by atoms with Crippen molar-refractivity contribution < 1.29 is 32.2 Å². The van der Waals surface area contributed by atoms with E-state index in [0.29, 0.717) is 6.07 Å². The number of halogens is 4. The van der Waals surface area contributed by atoms with Gasteiger partial charge in [-0.15, -0.1) is 0 Å². The summed E-state index contributed by atoms with van der Waals surface area (Å²) in [4.78, 5) is 12.1. The lowest BCUT2D eigenvalue weighted by atomic mass is 9.99. The van der Waals surface area contributed by atoms with E-state index in [2.05, 4.69) is 4.74 Å². The number of aliphatic hydroxyl groups is 1. The number of rotatable bonds is 5. The first kappa shape index (κ1) is 16.0. The molecule has 2 aromatic carbocycles. The van der Waals surface area contributed by atoms with Gasteiger partial charge in [-0.1, -0.05) is 12.1 Å². The normalized spacial score (nSPS) is 12.3. The third-order valence-corrected chi connectivity index (χ3v) is 2.79. The van der Waals surface area contributed by atoms with Crippen LogP contribution in [0.5, 0.6) is 5.75 Å². The van der Waals surface area contributed by atoms with Crippen molar-refractivity contribution in [2.75, 3.05) is 0 Å². The molecule has 0 bridgehead atoms. The van der Waals surface area contributed by atoms with Crippen molar-refractivity contribution in [3.8, 4) is 5.75 Å². The molecule has 0 aromatic heterocycles. The van der Waals surface area contributed by atoms with Gasteiger partial charge in [0.05, 0.1) is 0 Å².